The molecule has 2 amide bonds. The summed E-state index contributed by atoms with van der Waals surface area (Å²) in [5, 5.41) is 5.87. The number of ether oxygens (including phenoxy) is 1. The largest absolute Gasteiger partial charge is 0.465 e. The monoisotopic (exact) mass is 460 g/mol. The number of rotatable bonds is 5. The molecule has 0 fully saturated rings. The second-order valence-electron chi connectivity index (χ2n) is 6.55. The first kappa shape index (κ1) is 22.5. The maximum atomic E-state index is 14.0. The van der Waals surface area contributed by atoms with Crippen LogP contribution in [0.1, 0.15) is 41.5 Å². The van der Waals surface area contributed by atoms with Gasteiger partial charge in [-0.1, -0.05) is 29.8 Å². The topological polar surface area (TPSA) is 84.5 Å². The third-order valence-corrected chi connectivity index (χ3v) is 6.22. The lowest BCUT2D eigenvalue weighted by molar-refractivity contribution is 0.0601. The van der Waals surface area contributed by atoms with Crippen molar-refractivity contribution in [2.24, 2.45) is 0 Å². The van der Waals surface area contributed by atoms with E-state index >= 15 is 0 Å². The summed E-state index contributed by atoms with van der Waals surface area (Å²) < 4.78 is 18.8. The zero-order chi connectivity index (χ0) is 22.7. The molecular weight excluding hydrogens is 443 g/mol. The predicted octanol–water partition coefficient (Wildman–Crippen LogP) is 5.45. The minimum absolute atomic E-state index is 0.0326. The molecule has 0 saturated heterocycles. The number of hydrogen-bond donors (Lipinski definition) is 2. The zero-order valence-corrected chi connectivity index (χ0v) is 18.4. The van der Waals surface area contributed by atoms with Gasteiger partial charge in [-0.15, -0.1) is 11.3 Å². The number of esters is 1. The van der Waals surface area contributed by atoms with Crippen molar-refractivity contribution in [2.45, 2.75) is 13.8 Å². The fraction of sp³-hybridized carbons (Fsp3) is 0.136. The lowest BCUT2D eigenvalue weighted by atomic mass is 10.1. The van der Waals surface area contributed by atoms with E-state index in [1.165, 1.54) is 25.3 Å². The van der Waals surface area contributed by atoms with Gasteiger partial charge in [-0.3, -0.25) is 9.59 Å². The molecule has 0 aliphatic carbocycles. The highest BCUT2D eigenvalue weighted by Crippen LogP contribution is 2.35. The van der Waals surface area contributed by atoms with Crippen LogP contribution < -0.4 is 10.6 Å². The maximum Gasteiger partial charge on any atom is 0.341 e. The van der Waals surface area contributed by atoms with E-state index in [4.69, 9.17) is 16.3 Å². The molecule has 1 aromatic heterocycles. The highest BCUT2D eigenvalue weighted by Gasteiger charge is 2.27. The minimum Gasteiger partial charge on any atom is -0.465 e. The van der Waals surface area contributed by atoms with Crippen LogP contribution in [-0.2, 0) is 4.74 Å². The van der Waals surface area contributed by atoms with Gasteiger partial charge in [-0.2, -0.15) is 0 Å². The Morgan fingerprint density at radius 3 is 2.35 bits per heavy atom. The lowest BCUT2D eigenvalue weighted by Crippen LogP contribution is -2.15. The molecule has 0 radical (unpaired) electrons. The van der Waals surface area contributed by atoms with Crippen LogP contribution in [0.25, 0.3) is 0 Å². The summed E-state index contributed by atoms with van der Waals surface area (Å²) in [7, 11) is 1.19. The van der Waals surface area contributed by atoms with Gasteiger partial charge in [0.05, 0.1) is 23.1 Å². The van der Waals surface area contributed by atoms with Crippen LogP contribution in [0.2, 0.25) is 5.02 Å². The number of benzene rings is 2. The van der Waals surface area contributed by atoms with Crippen LogP contribution in [0, 0.1) is 19.7 Å². The number of carbonyl (C=O) groups is 3. The zero-order valence-electron chi connectivity index (χ0n) is 16.8. The number of hydrogen-bond acceptors (Lipinski definition) is 5. The van der Waals surface area contributed by atoms with Crippen LogP contribution in [0.5, 0.6) is 0 Å². The molecule has 3 rings (SSSR count). The van der Waals surface area contributed by atoms with Gasteiger partial charge < -0.3 is 15.4 Å². The van der Waals surface area contributed by atoms with Gasteiger partial charge in [0.2, 0.25) is 0 Å². The molecule has 3 aromatic rings. The van der Waals surface area contributed by atoms with Gasteiger partial charge in [0.1, 0.15) is 10.8 Å². The molecule has 2 aromatic carbocycles. The summed E-state index contributed by atoms with van der Waals surface area (Å²) in [4.78, 5) is 38.0. The second-order valence-corrected chi connectivity index (χ2v) is 7.98. The van der Waals surface area contributed by atoms with E-state index in [1.54, 1.807) is 32.0 Å². The number of methoxy groups -OCH3 is 1. The van der Waals surface area contributed by atoms with Gasteiger partial charge in [-0.05, 0) is 49.2 Å². The Balaban J connectivity index is 1.97. The predicted molar refractivity (Wildman–Crippen MR) is 119 cm³/mol. The van der Waals surface area contributed by atoms with Crippen LogP contribution >= 0.6 is 22.9 Å². The quantitative estimate of drug-likeness (QED) is 0.496. The fourth-order valence-corrected chi connectivity index (χ4v) is 4.16. The SMILES string of the molecule is COC(=O)c1c(NC(=O)c2ccccc2F)sc(C(=O)Nc2cccc(Cl)c2C)c1C. The molecule has 0 aliphatic heterocycles. The molecule has 31 heavy (non-hydrogen) atoms. The molecule has 0 bridgehead atoms. The van der Waals surface area contributed by atoms with E-state index in [0.717, 1.165) is 17.4 Å². The molecule has 0 aliphatic rings. The van der Waals surface area contributed by atoms with Crippen molar-refractivity contribution < 1.29 is 23.5 Å². The molecule has 0 spiro atoms. The fourth-order valence-electron chi connectivity index (χ4n) is 2.90. The Hall–Kier alpha value is -3.23. The highest BCUT2D eigenvalue weighted by molar-refractivity contribution is 7.19. The van der Waals surface area contributed by atoms with Crippen LogP contribution in [-0.4, -0.2) is 24.9 Å². The Labute approximate surface area is 187 Å². The van der Waals surface area contributed by atoms with Gasteiger partial charge in [0.25, 0.3) is 11.8 Å². The second kappa shape index (κ2) is 9.28. The van der Waals surface area contributed by atoms with Crippen LogP contribution in [0.3, 0.4) is 0 Å². The van der Waals surface area contributed by atoms with E-state index in [-0.39, 0.29) is 21.0 Å². The molecular formula is C22H18ClFN2O4S. The Morgan fingerprint density at radius 1 is 0.968 bits per heavy atom. The molecule has 0 saturated carbocycles. The number of anilines is 2. The average molecular weight is 461 g/mol. The molecule has 6 nitrogen and oxygen atoms in total. The first-order chi connectivity index (χ1) is 14.7. The third kappa shape index (κ3) is 4.60. The number of thiophene rings is 1. The van der Waals surface area contributed by atoms with Crippen molar-refractivity contribution in [1.29, 1.82) is 0 Å². The first-order valence-corrected chi connectivity index (χ1v) is 10.3. The average Bonchev–Trinajstić information content (AvgIpc) is 3.07. The van der Waals surface area contributed by atoms with Gasteiger partial charge in [-0.25, -0.2) is 9.18 Å². The van der Waals surface area contributed by atoms with Crippen molar-refractivity contribution in [3.63, 3.8) is 0 Å². The Kier molecular flexibility index (Phi) is 6.72. The molecule has 2 N–H and O–H groups in total. The smallest absolute Gasteiger partial charge is 0.341 e. The highest BCUT2D eigenvalue weighted by atomic mass is 35.5. The van der Waals surface area contributed by atoms with E-state index in [9.17, 15) is 18.8 Å². The summed E-state index contributed by atoms with van der Waals surface area (Å²) in [5.41, 5.74) is 1.38. The standard InChI is InChI=1S/C22H18ClFN2O4S/c1-11-14(23)8-6-10-16(11)25-20(28)18-12(2)17(22(29)30-3)21(31-18)26-19(27)13-7-4-5-9-15(13)24/h4-10H,1-3H3,(H,25,28)(H,26,27). The molecule has 0 atom stereocenters. The van der Waals surface area contributed by atoms with E-state index < -0.39 is 23.6 Å². The van der Waals surface area contributed by atoms with E-state index in [2.05, 4.69) is 10.6 Å². The normalized spacial score (nSPS) is 10.5. The number of halogens is 2. The van der Waals surface area contributed by atoms with E-state index in [1.807, 2.05) is 0 Å². The first-order valence-electron chi connectivity index (χ1n) is 9.08. The van der Waals surface area contributed by atoms with Gasteiger partial charge >= 0.3 is 5.97 Å². The summed E-state index contributed by atoms with van der Waals surface area (Å²) in [6, 6.07) is 10.6. The Morgan fingerprint density at radius 2 is 1.68 bits per heavy atom. The molecule has 9 heteroatoms. The van der Waals surface area contributed by atoms with Gasteiger partial charge in [0, 0.05) is 10.7 Å². The minimum atomic E-state index is -0.748. The van der Waals surface area contributed by atoms with Crippen molar-refractivity contribution in [3.05, 3.63) is 80.4 Å². The van der Waals surface area contributed by atoms with Crippen molar-refractivity contribution in [1.82, 2.24) is 0 Å². The number of carbonyl (C=O) groups excluding carboxylic acids is 3. The molecule has 0 unspecified atom stereocenters. The summed E-state index contributed by atoms with van der Waals surface area (Å²) in [6.45, 7) is 3.33. The van der Waals surface area contributed by atoms with Crippen molar-refractivity contribution in [2.75, 3.05) is 17.7 Å². The molecule has 1 heterocycles. The maximum absolute atomic E-state index is 14.0. The lowest BCUT2D eigenvalue weighted by Gasteiger charge is -2.09. The summed E-state index contributed by atoms with van der Waals surface area (Å²) in [5.74, 6) is -2.66. The molecule has 160 valence electrons. The number of amides is 2. The van der Waals surface area contributed by atoms with Crippen molar-refractivity contribution >= 4 is 51.4 Å². The summed E-state index contributed by atoms with van der Waals surface area (Å²) in [6.07, 6.45) is 0. The van der Waals surface area contributed by atoms with Crippen molar-refractivity contribution in [3.8, 4) is 0 Å². The third-order valence-electron chi connectivity index (χ3n) is 4.60. The Bertz CT molecular complexity index is 1190. The van der Waals surface area contributed by atoms with Gasteiger partial charge in [0.15, 0.2) is 0 Å². The number of nitrogens with one attached hydrogen (secondary N) is 2. The summed E-state index contributed by atoms with van der Waals surface area (Å²) >= 11 is 7.00. The van der Waals surface area contributed by atoms with Crippen LogP contribution in [0.4, 0.5) is 15.1 Å². The van der Waals surface area contributed by atoms with Crippen LogP contribution in [0.15, 0.2) is 42.5 Å². The van der Waals surface area contributed by atoms with E-state index in [0.29, 0.717) is 21.8 Å².